The minimum Gasteiger partial charge on any atom is -0.481 e. The molecule has 0 radical (unpaired) electrons. The largest absolute Gasteiger partial charge is 0.481 e. The van der Waals surface area contributed by atoms with Crippen LogP contribution >= 0.6 is 0 Å². The molecule has 0 spiro atoms. The lowest BCUT2D eigenvalue weighted by Crippen LogP contribution is -1.99. The maximum absolute atomic E-state index is 9.81. The van der Waals surface area contributed by atoms with Crippen LogP contribution in [0.2, 0.25) is 0 Å². The molecule has 0 amide bonds. The average Bonchev–Trinajstić information content (AvgIpc) is 3.02. The Kier molecular flexibility index (Phi) is 2.68. The zero-order valence-corrected chi connectivity index (χ0v) is 8.31. The Balaban J connectivity index is 1.99. The number of aromatic nitrogens is 1. The molecule has 76 valence electrons. The number of ether oxygens (including phenoxy) is 1. The van der Waals surface area contributed by atoms with Gasteiger partial charge in [0.1, 0.15) is 0 Å². The molecule has 1 aromatic heterocycles. The Labute approximate surface area is 83.7 Å². The zero-order valence-electron chi connectivity index (χ0n) is 8.31. The standard InChI is InChI=1S/C11H15NO2/c1-14-11-5-4-9(7-12-11)10(13)6-8-2-3-8/h4-5,7-8,10,13H,2-3,6H2,1H3. The molecular formula is C11H15NO2. The van der Waals surface area contributed by atoms with Crippen molar-refractivity contribution in [3.05, 3.63) is 23.9 Å². The Bertz CT molecular complexity index is 293. The van der Waals surface area contributed by atoms with Crippen LogP contribution in [0.4, 0.5) is 0 Å². The summed E-state index contributed by atoms with van der Waals surface area (Å²) in [5, 5.41) is 9.81. The summed E-state index contributed by atoms with van der Waals surface area (Å²) in [6, 6.07) is 3.66. The molecule has 3 nitrogen and oxygen atoms in total. The molecule has 1 saturated carbocycles. The Morgan fingerprint density at radius 1 is 1.57 bits per heavy atom. The smallest absolute Gasteiger partial charge is 0.212 e. The molecule has 0 bridgehead atoms. The fourth-order valence-corrected chi connectivity index (χ4v) is 1.51. The highest BCUT2D eigenvalue weighted by Crippen LogP contribution is 2.37. The van der Waals surface area contributed by atoms with Crippen molar-refractivity contribution in [2.75, 3.05) is 7.11 Å². The molecule has 0 saturated heterocycles. The van der Waals surface area contributed by atoms with Crippen molar-refractivity contribution in [3.63, 3.8) is 0 Å². The van der Waals surface area contributed by atoms with Crippen LogP contribution in [0.25, 0.3) is 0 Å². The van der Waals surface area contributed by atoms with Gasteiger partial charge in [0.25, 0.3) is 0 Å². The van der Waals surface area contributed by atoms with Gasteiger partial charge in [-0.25, -0.2) is 4.98 Å². The fourth-order valence-electron chi connectivity index (χ4n) is 1.51. The van der Waals surface area contributed by atoms with Crippen LogP contribution in [0.5, 0.6) is 5.88 Å². The second kappa shape index (κ2) is 3.96. The van der Waals surface area contributed by atoms with E-state index < -0.39 is 0 Å². The van der Waals surface area contributed by atoms with Gasteiger partial charge in [0.05, 0.1) is 13.2 Å². The van der Waals surface area contributed by atoms with E-state index in [1.165, 1.54) is 12.8 Å². The number of methoxy groups -OCH3 is 1. The van der Waals surface area contributed by atoms with Crippen molar-refractivity contribution < 1.29 is 9.84 Å². The number of hydrogen-bond donors (Lipinski definition) is 1. The lowest BCUT2D eigenvalue weighted by atomic mass is 10.1. The molecule has 1 unspecified atom stereocenters. The Hall–Kier alpha value is -1.09. The van der Waals surface area contributed by atoms with Crippen LogP contribution in [0.3, 0.4) is 0 Å². The van der Waals surface area contributed by atoms with Crippen LogP contribution in [0.1, 0.15) is 30.9 Å². The number of aliphatic hydroxyl groups excluding tert-OH is 1. The summed E-state index contributed by atoms with van der Waals surface area (Å²) >= 11 is 0. The van der Waals surface area contributed by atoms with E-state index in [0.29, 0.717) is 5.88 Å². The topological polar surface area (TPSA) is 42.4 Å². The van der Waals surface area contributed by atoms with Gasteiger partial charge in [-0.3, -0.25) is 0 Å². The first kappa shape index (κ1) is 9.46. The molecule has 1 aliphatic carbocycles. The Morgan fingerprint density at radius 2 is 2.36 bits per heavy atom. The minimum atomic E-state index is -0.360. The number of hydrogen-bond acceptors (Lipinski definition) is 3. The number of aliphatic hydroxyl groups is 1. The summed E-state index contributed by atoms with van der Waals surface area (Å²) in [4.78, 5) is 4.06. The second-order valence-corrected chi connectivity index (χ2v) is 3.83. The maximum atomic E-state index is 9.81. The van der Waals surface area contributed by atoms with Gasteiger partial charge >= 0.3 is 0 Å². The molecule has 0 aliphatic heterocycles. The highest BCUT2D eigenvalue weighted by molar-refractivity contribution is 5.19. The van der Waals surface area contributed by atoms with Gasteiger partial charge in [0, 0.05) is 12.3 Å². The Morgan fingerprint density at radius 3 is 2.86 bits per heavy atom. The summed E-state index contributed by atoms with van der Waals surface area (Å²) in [5.74, 6) is 1.32. The van der Waals surface area contributed by atoms with Gasteiger partial charge in [-0.05, 0) is 24.0 Å². The summed E-state index contributed by atoms with van der Waals surface area (Å²) in [6.07, 6.45) is 4.72. The van der Waals surface area contributed by atoms with Crippen molar-refractivity contribution >= 4 is 0 Å². The second-order valence-electron chi connectivity index (χ2n) is 3.83. The first-order chi connectivity index (χ1) is 6.79. The summed E-state index contributed by atoms with van der Waals surface area (Å²) in [6.45, 7) is 0. The van der Waals surface area contributed by atoms with Crippen LogP contribution < -0.4 is 4.74 Å². The highest BCUT2D eigenvalue weighted by Gasteiger charge is 2.25. The summed E-state index contributed by atoms with van der Waals surface area (Å²) in [7, 11) is 1.59. The van der Waals surface area contributed by atoms with E-state index >= 15 is 0 Å². The normalized spacial score (nSPS) is 17.9. The van der Waals surface area contributed by atoms with E-state index in [0.717, 1.165) is 17.9 Å². The number of pyridine rings is 1. The van der Waals surface area contributed by atoms with Crippen molar-refractivity contribution in [3.8, 4) is 5.88 Å². The van der Waals surface area contributed by atoms with Crippen LogP contribution in [0, 0.1) is 5.92 Å². The summed E-state index contributed by atoms with van der Waals surface area (Å²) in [5.41, 5.74) is 0.887. The van der Waals surface area contributed by atoms with Crippen LogP contribution in [0.15, 0.2) is 18.3 Å². The molecule has 1 fully saturated rings. The average molecular weight is 193 g/mol. The fraction of sp³-hybridized carbons (Fsp3) is 0.545. The zero-order chi connectivity index (χ0) is 9.97. The highest BCUT2D eigenvalue weighted by atomic mass is 16.5. The van der Waals surface area contributed by atoms with Crippen LogP contribution in [-0.2, 0) is 0 Å². The molecular weight excluding hydrogens is 178 g/mol. The number of nitrogens with zero attached hydrogens (tertiary/aromatic N) is 1. The molecule has 14 heavy (non-hydrogen) atoms. The molecule has 1 heterocycles. The minimum absolute atomic E-state index is 0.360. The van der Waals surface area contributed by atoms with Crippen molar-refractivity contribution in [2.45, 2.75) is 25.4 Å². The van der Waals surface area contributed by atoms with Gasteiger partial charge in [0.2, 0.25) is 5.88 Å². The third kappa shape index (κ3) is 2.23. The first-order valence-corrected chi connectivity index (χ1v) is 4.97. The van der Waals surface area contributed by atoms with Crippen LogP contribution in [-0.4, -0.2) is 17.2 Å². The van der Waals surface area contributed by atoms with E-state index in [2.05, 4.69) is 4.98 Å². The lowest BCUT2D eigenvalue weighted by Gasteiger charge is -2.09. The third-order valence-corrected chi connectivity index (χ3v) is 2.61. The van der Waals surface area contributed by atoms with E-state index in [4.69, 9.17) is 4.74 Å². The van der Waals surface area contributed by atoms with E-state index in [1.807, 2.05) is 6.07 Å². The van der Waals surface area contributed by atoms with Gasteiger partial charge in [-0.1, -0.05) is 12.8 Å². The quantitative estimate of drug-likeness (QED) is 0.794. The maximum Gasteiger partial charge on any atom is 0.212 e. The van der Waals surface area contributed by atoms with Gasteiger partial charge in [-0.15, -0.1) is 0 Å². The predicted molar refractivity (Wildman–Crippen MR) is 53.1 cm³/mol. The van der Waals surface area contributed by atoms with E-state index in [-0.39, 0.29) is 6.10 Å². The summed E-state index contributed by atoms with van der Waals surface area (Å²) < 4.78 is 4.95. The van der Waals surface area contributed by atoms with Gasteiger partial charge in [0.15, 0.2) is 0 Å². The van der Waals surface area contributed by atoms with Gasteiger partial charge in [-0.2, -0.15) is 0 Å². The number of rotatable bonds is 4. The van der Waals surface area contributed by atoms with Gasteiger partial charge < -0.3 is 9.84 Å². The SMILES string of the molecule is COc1ccc(C(O)CC2CC2)cn1. The molecule has 1 atom stereocenters. The molecule has 1 aromatic rings. The molecule has 3 heteroatoms. The van der Waals surface area contributed by atoms with Crippen molar-refractivity contribution in [1.29, 1.82) is 0 Å². The third-order valence-electron chi connectivity index (χ3n) is 2.61. The van der Waals surface area contributed by atoms with Crippen molar-refractivity contribution in [2.24, 2.45) is 5.92 Å². The lowest BCUT2D eigenvalue weighted by molar-refractivity contribution is 0.160. The molecule has 0 aromatic carbocycles. The van der Waals surface area contributed by atoms with E-state index in [1.54, 1.807) is 19.4 Å². The predicted octanol–water partition coefficient (Wildman–Crippen LogP) is 1.92. The monoisotopic (exact) mass is 193 g/mol. The molecule has 1 N–H and O–H groups in total. The molecule has 1 aliphatic rings. The van der Waals surface area contributed by atoms with E-state index in [9.17, 15) is 5.11 Å². The first-order valence-electron chi connectivity index (χ1n) is 4.97. The van der Waals surface area contributed by atoms with Crippen molar-refractivity contribution in [1.82, 2.24) is 4.98 Å². The molecule has 2 rings (SSSR count).